The van der Waals surface area contributed by atoms with Crippen molar-refractivity contribution in [2.45, 2.75) is 19.4 Å². The van der Waals surface area contributed by atoms with Gasteiger partial charge in [0.2, 0.25) is 5.82 Å². The molecule has 3 N–H and O–H groups in total. The van der Waals surface area contributed by atoms with Gasteiger partial charge in [0.15, 0.2) is 0 Å². The van der Waals surface area contributed by atoms with Crippen LogP contribution in [0.15, 0.2) is 12.1 Å². The average molecular weight is 240 g/mol. The van der Waals surface area contributed by atoms with Gasteiger partial charge in [0.1, 0.15) is 5.82 Å². The minimum absolute atomic E-state index is 0.0166. The van der Waals surface area contributed by atoms with Gasteiger partial charge in [0, 0.05) is 25.8 Å². The van der Waals surface area contributed by atoms with Crippen molar-refractivity contribution in [3.8, 4) is 0 Å². The number of nitrogen functional groups attached to an aromatic ring is 1. The van der Waals surface area contributed by atoms with Crippen molar-refractivity contribution in [2.75, 3.05) is 24.8 Å². The number of nitrogens with one attached hydrogen (secondary N) is 1. The molecule has 0 aromatic carbocycles. The van der Waals surface area contributed by atoms with E-state index in [1.54, 1.807) is 7.11 Å². The molecule has 17 heavy (non-hydrogen) atoms. The van der Waals surface area contributed by atoms with Gasteiger partial charge in [-0.15, -0.1) is 0 Å². The summed E-state index contributed by atoms with van der Waals surface area (Å²) in [7, 11) is 1.61. The van der Waals surface area contributed by atoms with Gasteiger partial charge in [0.05, 0.1) is 4.92 Å². The van der Waals surface area contributed by atoms with Gasteiger partial charge in [-0.1, -0.05) is 0 Å². The lowest BCUT2D eigenvalue weighted by molar-refractivity contribution is -0.384. The highest BCUT2D eigenvalue weighted by molar-refractivity contribution is 5.59. The molecule has 0 saturated carbocycles. The van der Waals surface area contributed by atoms with Crippen LogP contribution in [0.5, 0.6) is 0 Å². The first-order valence-corrected chi connectivity index (χ1v) is 5.21. The Morgan fingerprint density at radius 3 is 2.94 bits per heavy atom. The largest absolute Gasteiger partial charge is 0.385 e. The maximum Gasteiger partial charge on any atom is 0.311 e. The highest BCUT2D eigenvalue weighted by atomic mass is 16.6. The predicted octanol–water partition coefficient (Wildman–Crippen LogP) is 1.41. The quantitative estimate of drug-likeness (QED) is 0.575. The van der Waals surface area contributed by atoms with Crippen molar-refractivity contribution >= 4 is 17.3 Å². The van der Waals surface area contributed by atoms with Crippen LogP contribution in [0, 0.1) is 10.1 Å². The van der Waals surface area contributed by atoms with E-state index in [4.69, 9.17) is 10.5 Å². The van der Waals surface area contributed by atoms with E-state index >= 15 is 0 Å². The second-order valence-corrected chi connectivity index (χ2v) is 3.69. The van der Waals surface area contributed by atoms with Crippen LogP contribution in [0.4, 0.5) is 17.3 Å². The number of hydrogen-bond donors (Lipinski definition) is 2. The van der Waals surface area contributed by atoms with E-state index in [1.165, 1.54) is 12.1 Å². The summed E-state index contributed by atoms with van der Waals surface area (Å²) in [5.74, 6) is 0.440. The first-order chi connectivity index (χ1) is 8.04. The average Bonchev–Trinajstić information content (AvgIpc) is 2.26. The summed E-state index contributed by atoms with van der Waals surface area (Å²) in [5, 5.41) is 13.7. The molecule has 1 aromatic rings. The van der Waals surface area contributed by atoms with Crippen LogP contribution in [0.3, 0.4) is 0 Å². The summed E-state index contributed by atoms with van der Waals surface area (Å²) in [4.78, 5) is 14.2. The van der Waals surface area contributed by atoms with E-state index < -0.39 is 4.92 Å². The second-order valence-electron chi connectivity index (χ2n) is 3.69. The van der Waals surface area contributed by atoms with Crippen LogP contribution in [-0.4, -0.2) is 29.7 Å². The number of nitrogens with two attached hydrogens (primary N) is 1. The fourth-order valence-electron chi connectivity index (χ4n) is 1.32. The van der Waals surface area contributed by atoms with Crippen LogP contribution < -0.4 is 11.1 Å². The van der Waals surface area contributed by atoms with E-state index in [2.05, 4.69) is 10.3 Å². The first kappa shape index (κ1) is 13.2. The van der Waals surface area contributed by atoms with Crippen molar-refractivity contribution < 1.29 is 9.66 Å². The normalized spacial score (nSPS) is 12.1. The lowest BCUT2D eigenvalue weighted by Crippen LogP contribution is -2.19. The number of rotatable bonds is 6. The molecular weight excluding hydrogens is 224 g/mol. The minimum atomic E-state index is -0.488. The molecule has 0 amide bonds. The van der Waals surface area contributed by atoms with Gasteiger partial charge in [-0.2, -0.15) is 0 Å². The summed E-state index contributed by atoms with van der Waals surface area (Å²) < 4.78 is 4.93. The molecule has 0 spiro atoms. The van der Waals surface area contributed by atoms with Gasteiger partial charge >= 0.3 is 5.69 Å². The maximum absolute atomic E-state index is 10.8. The molecule has 1 unspecified atom stereocenters. The van der Waals surface area contributed by atoms with Crippen LogP contribution in [0.2, 0.25) is 0 Å². The Morgan fingerprint density at radius 2 is 2.35 bits per heavy atom. The summed E-state index contributed by atoms with van der Waals surface area (Å²) in [6.07, 6.45) is 0.726. The Morgan fingerprint density at radius 1 is 1.65 bits per heavy atom. The molecule has 0 fully saturated rings. The Balaban J connectivity index is 2.81. The van der Waals surface area contributed by atoms with Crippen molar-refractivity contribution in [3.63, 3.8) is 0 Å². The molecule has 0 radical (unpaired) electrons. The van der Waals surface area contributed by atoms with E-state index in [-0.39, 0.29) is 23.4 Å². The predicted molar refractivity (Wildman–Crippen MR) is 64.9 cm³/mol. The topological polar surface area (TPSA) is 103 Å². The minimum Gasteiger partial charge on any atom is -0.385 e. The van der Waals surface area contributed by atoms with Crippen molar-refractivity contribution in [3.05, 3.63) is 22.2 Å². The Hall–Kier alpha value is -1.89. The maximum atomic E-state index is 10.8. The molecule has 0 bridgehead atoms. The van der Waals surface area contributed by atoms with Gasteiger partial charge in [0.25, 0.3) is 0 Å². The number of aromatic nitrogens is 1. The lowest BCUT2D eigenvalue weighted by Gasteiger charge is -2.14. The third-order valence-electron chi connectivity index (χ3n) is 2.23. The molecule has 0 aliphatic heterocycles. The second kappa shape index (κ2) is 6.00. The highest BCUT2D eigenvalue weighted by Crippen LogP contribution is 2.23. The van der Waals surface area contributed by atoms with Crippen LogP contribution >= 0.6 is 0 Å². The summed E-state index contributed by atoms with van der Waals surface area (Å²) in [5.41, 5.74) is 5.42. The third kappa shape index (κ3) is 3.87. The Labute approximate surface area is 99.1 Å². The van der Waals surface area contributed by atoms with Crippen LogP contribution in [0.25, 0.3) is 0 Å². The zero-order valence-electron chi connectivity index (χ0n) is 9.84. The van der Waals surface area contributed by atoms with E-state index in [9.17, 15) is 10.1 Å². The van der Waals surface area contributed by atoms with Crippen molar-refractivity contribution in [1.29, 1.82) is 0 Å². The number of ether oxygens (including phenoxy) is 1. The van der Waals surface area contributed by atoms with Crippen LogP contribution in [0.1, 0.15) is 13.3 Å². The first-order valence-electron chi connectivity index (χ1n) is 5.21. The molecule has 0 aliphatic rings. The highest BCUT2D eigenvalue weighted by Gasteiger charge is 2.16. The molecule has 0 aliphatic carbocycles. The summed E-state index contributed by atoms with van der Waals surface area (Å²) in [6, 6.07) is 2.76. The van der Waals surface area contributed by atoms with Gasteiger partial charge < -0.3 is 15.8 Å². The molecule has 1 rings (SSSR count). The van der Waals surface area contributed by atoms with Gasteiger partial charge in [-0.25, -0.2) is 4.98 Å². The molecule has 1 aromatic heterocycles. The molecule has 0 saturated heterocycles. The molecular formula is C10H16N4O3. The number of nitro groups is 1. The van der Waals surface area contributed by atoms with E-state index in [1.807, 2.05) is 6.92 Å². The van der Waals surface area contributed by atoms with E-state index in [0.29, 0.717) is 6.61 Å². The molecule has 94 valence electrons. The Kier molecular flexibility index (Phi) is 4.65. The molecule has 1 heterocycles. The van der Waals surface area contributed by atoms with E-state index in [0.717, 1.165) is 6.42 Å². The summed E-state index contributed by atoms with van der Waals surface area (Å²) in [6.45, 7) is 2.47. The zero-order chi connectivity index (χ0) is 12.8. The fourth-order valence-corrected chi connectivity index (χ4v) is 1.32. The molecule has 1 atom stereocenters. The number of pyridine rings is 1. The third-order valence-corrected chi connectivity index (χ3v) is 2.23. The SMILES string of the molecule is COCCC(C)Nc1nc(N)ccc1[N+](=O)[O-]. The number of hydrogen-bond acceptors (Lipinski definition) is 6. The smallest absolute Gasteiger partial charge is 0.311 e. The van der Waals surface area contributed by atoms with Gasteiger partial charge in [-0.05, 0) is 19.4 Å². The van der Waals surface area contributed by atoms with Crippen molar-refractivity contribution in [2.24, 2.45) is 0 Å². The molecule has 7 heteroatoms. The van der Waals surface area contributed by atoms with Crippen LogP contribution in [-0.2, 0) is 4.74 Å². The lowest BCUT2D eigenvalue weighted by atomic mass is 10.2. The fraction of sp³-hybridized carbons (Fsp3) is 0.500. The zero-order valence-corrected chi connectivity index (χ0v) is 9.84. The van der Waals surface area contributed by atoms with Crippen molar-refractivity contribution in [1.82, 2.24) is 4.98 Å². The monoisotopic (exact) mass is 240 g/mol. The Bertz CT molecular complexity index is 397. The number of methoxy groups -OCH3 is 1. The van der Waals surface area contributed by atoms with Gasteiger partial charge in [-0.3, -0.25) is 10.1 Å². The number of anilines is 2. The standard InChI is InChI=1S/C10H16N4O3/c1-7(5-6-17-2)12-10-8(14(15)16)3-4-9(11)13-10/h3-4,7H,5-6H2,1-2H3,(H3,11,12,13). The number of nitrogens with zero attached hydrogens (tertiary/aromatic N) is 2. The summed E-state index contributed by atoms with van der Waals surface area (Å²) >= 11 is 0. The molecule has 7 nitrogen and oxygen atoms in total.